The van der Waals surface area contributed by atoms with Crippen LogP contribution in [0.25, 0.3) is 0 Å². The number of hydrogen-bond donors (Lipinski definition) is 1. The smallest absolute Gasteiger partial charge is 0.335 e. The van der Waals surface area contributed by atoms with E-state index in [1.165, 1.54) is 32.1 Å². The number of rotatable bonds is 2. The number of aryl methyl sites for hydroxylation is 1. The summed E-state index contributed by atoms with van der Waals surface area (Å²) in [6.07, 6.45) is 8.90. The van der Waals surface area contributed by atoms with Crippen LogP contribution in [-0.2, 0) is 6.42 Å². The van der Waals surface area contributed by atoms with Crippen molar-refractivity contribution in [2.45, 2.75) is 51.0 Å². The van der Waals surface area contributed by atoms with Crippen LogP contribution in [0, 0.1) is 5.92 Å². The summed E-state index contributed by atoms with van der Waals surface area (Å²) >= 11 is 0. The summed E-state index contributed by atoms with van der Waals surface area (Å²) in [6.45, 7) is 0. The van der Waals surface area contributed by atoms with Crippen LogP contribution < -0.4 is 4.74 Å². The molecule has 3 heteroatoms. The number of fused-ring (bicyclic) bond motifs is 1. The quantitative estimate of drug-likeness (QED) is 0.882. The Labute approximate surface area is 113 Å². The van der Waals surface area contributed by atoms with Crippen molar-refractivity contribution >= 4 is 5.97 Å². The molecular formula is C16H20O3. The molecule has 0 saturated heterocycles. The van der Waals surface area contributed by atoms with Gasteiger partial charge >= 0.3 is 5.97 Å². The fourth-order valence-electron chi connectivity index (χ4n) is 3.38. The van der Waals surface area contributed by atoms with Crippen molar-refractivity contribution in [3.63, 3.8) is 0 Å². The van der Waals surface area contributed by atoms with E-state index in [0.717, 1.165) is 24.2 Å². The van der Waals surface area contributed by atoms with Crippen LogP contribution in [0.5, 0.6) is 5.75 Å². The van der Waals surface area contributed by atoms with Gasteiger partial charge in [0.25, 0.3) is 0 Å². The van der Waals surface area contributed by atoms with Crippen molar-refractivity contribution in [3.8, 4) is 5.75 Å². The second kappa shape index (κ2) is 5.24. The Morgan fingerprint density at radius 2 is 1.95 bits per heavy atom. The highest BCUT2D eigenvalue weighted by atomic mass is 16.5. The van der Waals surface area contributed by atoms with Crippen molar-refractivity contribution in [2.75, 3.05) is 0 Å². The van der Waals surface area contributed by atoms with Crippen LogP contribution in [0.4, 0.5) is 0 Å². The van der Waals surface area contributed by atoms with E-state index in [1.54, 1.807) is 12.1 Å². The SMILES string of the molecule is O=C(O)c1ccc2c(c1)CCC(C1CCCCC1)O2. The third-order valence-electron chi connectivity index (χ3n) is 4.46. The Hall–Kier alpha value is -1.51. The Morgan fingerprint density at radius 3 is 2.68 bits per heavy atom. The molecule has 1 aromatic carbocycles. The second-order valence-electron chi connectivity index (χ2n) is 5.72. The molecule has 1 unspecified atom stereocenters. The van der Waals surface area contributed by atoms with E-state index < -0.39 is 5.97 Å². The lowest BCUT2D eigenvalue weighted by Crippen LogP contribution is -2.32. The van der Waals surface area contributed by atoms with Crippen LogP contribution in [0.2, 0.25) is 0 Å². The molecule has 1 saturated carbocycles. The number of carboxylic acids is 1. The summed E-state index contributed by atoms with van der Waals surface area (Å²) in [5, 5.41) is 9.00. The summed E-state index contributed by atoms with van der Waals surface area (Å²) in [5.41, 5.74) is 1.41. The molecule has 0 spiro atoms. The molecule has 3 nitrogen and oxygen atoms in total. The highest BCUT2D eigenvalue weighted by Gasteiger charge is 2.29. The molecule has 102 valence electrons. The Morgan fingerprint density at radius 1 is 1.16 bits per heavy atom. The van der Waals surface area contributed by atoms with E-state index in [2.05, 4.69) is 0 Å². The predicted molar refractivity (Wildman–Crippen MR) is 72.7 cm³/mol. The van der Waals surface area contributed by atoms with Gasteiger partial charge in [-0.2, -0.15) is 0 Å². The molecule has 1 aliphatic carbocycles. The van der Waals surface area contributed by atoms with Gasteiger partial charge in [-0.3, -0.25) is 0 Å². The average molecular weight is 260 g/mol. The summed E-state index contributed by atoms with van der Waals surface area (Å²) in [4.78, 5) is 11.0. The molecular weight excluding hydrogens is 240 g/mol. The third kappa shape index (κ3) is 2.60. The minimum absolute atomic E-state index is 0.337. The minimum Gasteiger partial charge on any atom is -0.490 e. The van der Waals surface area contributed by atoms with Gasteiger partial charge in [-0.25, -0.2) is 4.79 Å². The predicted octanol–water partition coefficient (Wildman–Crippen LogP) is 3.66. The fraction of sp³-hybridized carbons (Fsp3) is 0.562. The zero-order valence-corrected chi connectivity index (χ0v) is 11.1. The molecule has 1 fully saturated rings. The summed E-state index contributed by atoms with van der Waals surface area (Å²) < 4.78 is 6.11. The maximum atomic E-state index is 11.0. The van der Waals surface area contributed by atoms with Gasteiger partial charge < -0.3 is 9.84 Å². The molecule has 0 radical (unpaired) electrons. The number of aromatic carboxylic acids is 1. The maximum Gasteiger partial charge on any atom is 0.335 e. The van der Waals surface area contributed by atoms with Gasteiger partial charge in [0.2, 0.25) is 0 Å². The zero-order chi connectivity index (χ0) is 13.2. The van der Waals surface area contributed by atoms with E-state index in [0.29, 0.717) is 17.6 Å². The van der Waals surface area contributed by atoms with E-state index >= 15 is 0 Å². The van der Waals surface area contributed by atoms with Crippen LogP contribution in [-0.4, -0.2) is 17.2 Å². The van der Waals surface area contributed by atoms with Gasteiger partial charge in [0.15, 0.2) is 0 Å². The standard InChI is InChI=1S/C16H20O3/c17-16(18)13-7-9-15-12(10-13)6-8-14(19-15)11-4-2-1-3-5-11/h7,9-11,14H,1-6,8H2,(H,17,18). The zero-order valence-electron chi connectivity index (χ0n) is 11.1. The van der Waals surface area contributed by atoms with E-state index in [1.807, 2.05) is 6.07 Å². The molecule has 1 heterocycles. The van der Waals surface area contributed by atoms with Crippen molar-refractivity contribution in [1.82, 2.24) is 0 Å². The summed E-state index contributed by atoms with van der Waals surface area (Å²) in [5.74, 6) is 0.727. The molecule has 3 rings (SSSR count). The molecule has 0 amide bonds. The summed E-state index contributed by atoms with van der Waals surface area (Å²) in [6, 6.07) is 5.23. The maximum absolute atomic E-state index is 11.0. The first-order chi connectivity index (χ1) is 9.24. The monoisotopic (exact) mass is 260 g/mol. The van der Waals surface area contributed by atoms with E-state index in [4.69, 9.17) is 9.84 Å². The Kier molecular flexibility index (Phi) is 3.45. The number of hydrogen-bond acceptors (Lipinski definition) is 2. The first kappa shape index (κ1) is 12.5. The van der Waals surface area contributed by atoms with Crippen LogP contribution in [0.15, 0.2) is 18.2 Å². The fourth-order valence-corrected chi connectivity index (χ4v) is 3.38. The normalized spacial score (nSPS) is 23.5. The third-order valence-corrected chi connectivity index (χ3v) is 4.46. The van der Waals surface area contributed by atoms with E-state index in [-0.39, 0.29) is 0 Å². The van der Waals surface area contributed by atoms with E-state index in [9.17, 15) is 4.79 Å². The van der Waals surface area contributed by atoms with Gasteiger partial charge in [-0.15, -0.1) is 0 Å². The van der Waals surface area contributed by atoms with Gasteiger partial charge in [-0.05, 0) is 55.4 Å². The number of benzene rings is 1. The van der Waals surface area contributed by atoms with Crippen LogP contribution >= 0.6 is 0 Å². The van der Waals surface area contributed by atoms with Crippen molar-refractivity contribution in [2.24, 2.45) is 5.92 Å². The molecule has 0 aromatic heterocycles. The first-order valence-corrected chi connectivity index (χ1v) is 7.27. The van der Waals surface area contributed by atoms with Gasteiger partial charge in [-0.1, -0.05) is 19.3 Å². The molecule has 1 atom stereocenters. The minimum atomic E-state index is -0.864. The summed E-state index contributed by atoms with van der Waals surface area (Å²) in [7, 11) is 0. The van der Waals surface area contributed by atoms with Gasteiger partial charge in [0.05, 0.1) is 5.56 Å². The highest BCUT2D eigenvalue weighted by Crippen LogP contribution is 2.36. The molecule has 19 heavy (non-hydrogen) atoms. The number of carboxylic acid groups (broad SMARTS) is 1. The molecule has 1 aliphatic heterocycles. The van der Waals surface area contributed by atoms with Gasteiger partial charge in [0, 0.05) is 0 Å². The molecule has 0 bridgehead atoms. The number of ether oxygens (including phenoxy) is 1. The lowest BCUT2D eigenvalue weighted by atomic mass is 9.82. The lowest BCUT2D eigenvalue weighted by molar-refractivity contribution is 0.0695. The Balaban J connectivity index is 1.75. The van der Waals surface area contributed by atoms with Crippen molar-refractivity contribution in [1.29, 1.82) is 0 Å². The molecule has 1 aromatic rings. The van der Waals surface area contributed by atoms with Gasteiger partial charge in [0.1, 0.15) is 11.9 Å². The van der Waals surface area contributed by atoms with Crippen molar-refractivity contribution < 1.29 is 14.6 Å². The number of carbonyl (C=O) groups is 1. The molecule has 1 N–H and O–H groups in total. The average Bonchev–Trinajstić information content (AvgIpc) is 2.47. The van der Waals surface area contributed by atoms with Crippen LogP contribution in [0.1, 0.15) is 54.4 Å². The topological polar surface area (TPSA) is 46.5 Å². The largest absolute Gasteiger partial charge is 0.490 e. The highest BCUT2D eigenvalue weighted by molar-refractivity contribution is 5.88. The second-order valence-corrected chi connectivity index (χ2v) is 5.72. The van der Waals surface area contributed by atoms with Crippen LogP contribution in [0.3, 0.4) is 0 Å². The molecule has 2 aliphatic rings. The first-order valence-electron chi connectivity index (χ1n) is 7.27. The lowest BCUT2D eigenvalue weighted by Gasteiger charge is -2.34. The Bertz CT molecular complexity index is 475. The van der Waals surface area contributed by atoms with Crippen molar-refractivity contribution in [3.05, 3.63) is 29.3 Å².